The zero-order valence-corrected chi connectivity index (χ0v) is 16.0. The molecule has 0 atom stereocenters. The Hall–Kier alpha value is -2.82. The molecule has 0 saturated carbocycles. The van der Waals surface area contributed by atoms with Gasteiger partial charge in [-0.25, -0.2) is 0 Å². The topological polar surface area (TPSA) is 58.6 Å². The van der Waals surface area contributed by atoms with E-state index < -0.39 is 0 Å². The maximum Gasteiger partial charge on any atom is 0.227 e. The Morgan fingerprint density at radius 1 is 1.15 bits per heavy atom. The van der Waals surface area contributed by atoms with Crippen LogP contribution in [0.1, 0.15) is 36.0 Å². The molecule has 3 rings (SSSR count). The van der Waals surface area contributed by atoms with Crippen molar-refractivity contribution in [1.82, 2.24) is 5.32 Å². The van der Waals surface area contributed by atoms with Crippen molar-refractivity contribution in [3.05, 3.63) is 59.2 Å². The van der Waals surface area contributed by atoms with Crippen LogP contribution >= 0.6 is 0 Å². The number of hydrogen-bond donors (Lipinski definition) is 1. The molecule has 1 saturated heterocycles. The molecule has 0 aromatic heterocycles. The smallest absolute Gasteiger partial charge is 0.227 e. The molecule has 27 heavy (non-hydrogen) atoms. The van der Waals surface area contributed by atoms with Gasteiger partial charge in [0.05, 0.1) is 13.0 Å². The van der Waals surface area contributed by atoms with Crippen LogP contribution in [0.25, 0.3) is 0 Å². The van der Waals surface area contributed by atoms with Gasteiger partial charge in [0, 0.05) is 25.2 Å². The summed E-state index contributed by atoms with van der Waals surface area (Å²) in [6.07, 6.45) is 1.86. The third-order valence-electron chi connectivity index (χ3n) is 4.73. The first-order valence-electron chi connectivity index (χ1n) is 9.39. The standard InChI is InChI=1S/C22H26N2O3/c1-16-5-10-20(17(2)14-16)27-13-11-21(25)23-15-18-6-8-19(9-7-18)24-12-3-4-22(24)26/h5-10,14H,3-4,11-13,15H2,1-2H3,(H,23,25). The SMILES string of the molecule is Cc1ccc(OCCC(=O)NCc2ccc(N3CCCC3=O)cc2)c(C)c1. The number of benzene rings is 2. The van der Waals surface area contributed by atoms with Crippen molar-refractivity contribution in [3.63, 3.8) is 0 Å². The summed E-state index contributed by atoms with van der Waals surface area (Å²) in [5.74, 6) is 0.957. The van der Waals surface area contributed by atoms with Crippen molar-refractivity contribution in [2.45, 2.75) is 39.7 Å². The van der Waals surface area contributed by atoms with Crippen LogP contribution in [-0.2, 0) is 16.1 Å². The predicted octanol–water partition coefficient (Wildman–Crippen LogP) is 3.52. The molecule has 2 aromatic rings. The molecule has 0 radical (unpaired) electrons. The normalized spacial score (nSPS) is 13.7. The van der Waals surface area contributed by atoms with E-state index in [0.29, 0.717) is 26.0 Å². The molecule has 2 amide bonds. The van der Waals surface area contributed by atoms with Gasteiger partial charge in [-0.1, -0.05) is 29.8 Å². The van der Waals surface area contributed by atoms with E-state index in [1.54, 1.807) is 0 Å². The number of hydrogen-bond acceptors (Lipinski definition) is 3. The van der Waals surface area contributed by atoms with E-state index in [1.165, 1.54) is 5.56 Å². The van der Waals surface area contributed by atoms with Gasteiger partial charge in [0.1, 0.15) is 5.75 Å². The molecule has 1 aliphatic rings. The molecular formula is C22H26N2O3. The van der Waals surface area contributed by atoms with Crippen molar-refractivity contribution in [2.24, 2.45) is 0 Å². The minimum atomic E-state index is -0.0430. The number of aryl methyl sites for hydroxylation is 2. The van der Waals surface area contributed by atoms with E-state index >= 15 is 0 Å². The van der Waals surface area contributed by atoms with E-state index in [4.69, 9.17) is 4.74 Å². The van der Waals surface area contributed by atoms with Crippen LogP contribution in [0.2, 0.25) is 0 Å². The molecule has 1 aliphatic heterocycles. The molecule has 5 heteroatoms. The van der Waals surface area contributed by atoms with Crippen LogP contribution in [0.3, 0.4) is 0 Å². The Labute approximate surface area is 160 Å². The maximum absolute atomic E-state index is 12.0. The summed E-state index contributed by atoms with van der Waals surface area (Å²) in [5, 5.41) is 2.91. The average Bonchev–Trinajstić information content (AvgIpc) is 3.08. The van der Waals surface area contributed by atoms with Crippen LogP contribution in [0, 0.1) is 13.8 Å². The van der Waals surface area contributed by atoms with Gasteiger partial charge in [-0.05, 0) is 49.6 Å². The van der Waals surface area contributed by atoms with Gasteiger partial charge in [0.2, 0.25) is 11.8 Å². The van der Waals surface area contributed by atoms with Crippen LogP contribution in [0.4, 0.5) is 5.69 Å². The Morgan fingerprint density at radius 2 is 1.93 bits per heavy atom. The molecule has 0 unspecified atom stereocenters. The number of carbonyl (C=O) groups excluding carboxylic acids is 2. The minimum absolute atomic E-state index is 0.0430. The van der Waals surface area contributed by atoms with Crippen LogP contribution in [0.15, 0.2) is 42.5 Å². The van der Waals surface area contributed by atoms with Crippen molar-refractivity contribution >= 4 is 17.5 Å². The molecule has 1 fully saturated rings. The summed E-state index contributed by atoms with van der Waals surface area (Å²) in [6.45, 7) is 5.65. The minimum Gasteiger partial charge on any atom is -0.493 e. The molecule has 5 nitrogen and oxygen atoms in total. The Bertz CT molecular complexity index is 815. The first kappa shape index (κ1) is 19.0. The summed E-state index contributed by atoms with van der Waals surface area (Å²) in [7, 11) is 0. The quantitative estimate of drug-likeness (QED) is 0.816. The molecule has 2 aromatic carbocycles. The van der Waals surface area contributed by atoms with E-state index in [0.717, 1.165) is 35.5 Å². The number of ether oxygens (including phenoxy) is 1. The first-order chi connectivity index (χ1) is 13.0. The lowest BCUT2D eigenvalue weighted by Gasteiger charge is -2.16. The highest BCUT2D eigenvalue weighted by molar-refractivity contribution is 5.95. The fraction of sp³-hybridized carbons (Fsp3) is 0.364. The van der Waals surface area contributed by atoms with Gasteiger partial charge in [-0.3, -0.25) is 9.59 Å². The lowest BCUT2D eigenvalue weighted by molar-refractivity contribution is -0.121. The van der Waals surface area contributed by atoms with Crippen molar-refractivity contribution < 1.29 is 14.3 Å². The van der Waals surface area contributed by atoms with Crippen molar-refractivity contribution in [1.29, 1.82) is 0 Å². The fourth-order valence-corrected chi connectivity index (χ4v) is 3.22. The Morgan fingerprint density at radius 3 is 2.59 bits per heavy atom. The maximum atomic E-state index is 12.0. The number of rotatable bonds is 7. The lowest BCUT2D eigenvalue weighted by atomic mass is 10.1. The zero-order valence-electron chi connectivity index (χ0n) is 16.0. The number of anilines is 1. The second-order valence-corrected chi connectivity index (χ2v) is 6.96. The third kappa shape index (κ3) is 5.09. The molecule has 1 heterocycles. The second-order valence-electron chi connectivity index (χ2n) is 6.96. The lowest BCUT2D eigenvalue weighted by Crippen LogP contribution is -2.25. The third-order valence-corrected chi connectivity index (χ3v) is 4.73. The van der Waals surface area contributed by atoms with Crippen LogP contribution < -0.4 is 15.0 Å². The van der Waals surface area contributed by atoms with Gasteiger partial charge in [-0.2, -0.15) is 0 Å². The molecular weight excluding hydrogens is 340 g/mol. The Balaban J connectivity index is 1.41. The number of nitrogens with one attached hydrogen (secondary N) is 1. The second kappa shape index (κ2) is 8.71. The Kier molecular flexibility index (Phi) is 6.12. The van der Waals surface area contributed by atoms with Crippen molar-refractivity contribution in [3.8, 4) is 5.75 Å². The summed E-state index contributed by atoms with van der Waals surface area (Å²) in [6, 6.07) is 13.8. The van der Waals surface area contributed by atoms with Crippen molar-refractivity contribution in [2.75, 3.05) is 18.1 Å². The summed E-state index contributed by atoms with van der Waals surface area (Å²) in [5.41, 5.74) is 4.20. The molecule has 1 N–H and O–H groups in total. The van der Waals surface area contributed by atoms with Gasteiger partial charge >= 0.3 is 0 Å². The summed E-state index contributed by atoms with van der Waals surface area (Å²) >= 11 is 0. The van der Waals surface area contributed by atoms with Crippen LogP contribution in [-0.4, -0.2) is 25.0 Å². The van der Waals surface area contributed by atoms with E-state index in [-0.39, 0.29) is 11.8 Å². The zero-order chi connectivity index (χ0) is 19.2. The van der Waals surface area contributed by atoms with Gasteiger partial charge in [-0.15, -0.1) is 0 Å². The van der Waals surface area contributed by atoms with E-state index in [2.05, 4.69) is 11.4 Å². The highest BCUT2D eigenvalue weighted by Gasteiger charge is 2.21. The average molecular weight is 366 g/mol. The van der Waals surface area contributed by atoms with Gasteiger partial charge in [0.15, 0.2) is 0 Å². The molecule has 0 aliphatic carbocycles. The number of carbonyl (C=O) groups is 2. The summed E-state index contributed by atoms with van der Waals surface area (Å²) in [4.78, 5) is 25.6. The molecule has 0 bridgehead atoms. The molecule has 142 valence electrons. The summed E-state index contributed by atoms with van der Waals surface area (Å²) < 4.78 is 5.70. The monoisotopic (exact) mass is 366 g/mol. The first-order valence-corrected chi connectivity index (χ1v) is 9.39. The number of amides is 2. The molecule has 0 spiro atoms. The van der Waals surface area contributed by atoms with E-state index in [9.17, 15) is 9.59 Å². The largest absolute Gasteiger partial charge is 0.493 e. The van der Waals surface area contributed by atoms with E-state index in [1.807, 2.05) is 55.1 Å². The predicted molar refractivity (Wildman–Crippen MR) is 106 cm³/mol. The van der Waals surface area contributed by atoms with Gasteiger partial charge in [0.25, 0.3) is 0 Å². The highest BCUT2D eigenvalue weighted by atomic mass is 16.5. The van der Waals surface area contributed by atoms with Crippen LogP contribution in [0.5, 0.6) is 5.75 Å². The fourth-order valence-electron chi connectivity index (χ4n) is 3.22. The number of nitrogens with zero attached hydrogens (tertiary/aromatic N) is 1. The highest BCUT2D eigenvalue weighted by Crippen LogP contribution is 2.21. The van der Waals surface area contributed by atoms with Gasteiger partial charge < -0.3 is 15.0 Å².